The van der Waals surface area contributed by atoms with Crippen molar-refractivity contribution in [3.63, 3.8) is 0 Å². The second-order valence-corrected chi connectivity index (χ2v) is 6.61. The van der Waals surface area contributed by atoms with Crippen molar-refractivity contribution in [2.75, 3.05) is 6.54 Å². The lowest BCUT2D eigenvalue weighted by atomic mass is 10.0. The first-order valence-electron chi connectivity index (χ1n) is 8.71. The number of carboxylic acids is 2. The average molecular weight is 417 g/mol. The molecule has 3 atom stereocenters. The van der Waals surface area contributed by atoms with E-state index in [4.69, 9.17) is 21.7 Å². The van der Waals surface area contributed by atoms with Crippen molar-refractivity contribution < 1.29 is 39.0 Å². The van der Waals surface area contributed by atoms with E-state index in [9.17, 15) is 28.8 Å². The molecule has 164 valence electrons. The molecule has 0 heterocycles. The van der Waals surface area contributed by atoms with Gasteiger partial charge in [-0.2, -0.15) is 0 Å². The molecule has 0 saturated carbocycles. The van der Waals surface area contributed by atoms with Crippen LogP contribution in [-0.4, -0.2) is 70.5 Å². The van der Waals surface area contributed by atoms with Crippen LogP contribution in [0.3, 0.4) is 0 Å². The van der Waals surface area contributed by atoms with E-state index in [1.165, 1.54) is 0 Å². The van der Waals surface area contributed by atoms with Crippen molar-refractivity contribution in [1.29, 1.82) is 0 Å². The third-order valence-electron chi connectivity index (χ3n) is 3.77. The van der Waals surface area contributed by atoms with Gasteiger partial charge < -0.3 is 37.6 Å². The molecule has 0 fully saturated rings. The van der Waals surface area contributed by atoms with Gasteiger partial charge in [0, 0.05) is 6.42 Å². The standard InChI is InChI=1S/C16H27N5O8/c1-7(2)13(18)15(27)21-8(3-4-10(17)22)14(26)19-6-11(23)20-9(16(28)29)5-12(24)25/h7-9,13H,3-6,18H2,1-2H3,(H2,17,22)(H,19,26)(H,20,23)(H,21,27)(H,24,25)(H,28,29). The van der Waals surface area contributed by atoms with Gasteiger partial charge in [0.05, 0.1) is 19.0 Å². The van der Waals surface area contributed by atoms with Gasteiger partial charge >= 0.3 is 11.9 Å². The van der Waals surface area contributed by atoms with Crippen LogP contribution in [0, 0.1) is 5.92 Å². The third-order valence-corrected chi connectivity index (χ3v) is 3.77. The molecule has 29 heavy (non-hydrogen) atoms. The molecule has 0 aliphatic rings. The van der Waals surface area contributed by atoms with Crippen LogP contribution in [0.15, 0.2) is 0 Å². The number of primary amides is 1. The second-order valence-electron chi connectivity index (χ2n) is 6.61. The van der Waals surface area contributed by atoms with Crippen LogP contribution < -0.4 is 27.4 Å². The monoisotopic (exact) mass is 417 g/mol. The van der Waals surface area contributed by atoms with Crippen LogP contribution >= 0.6 is 0 Å². The number of hydrogen-bond acceptors (Lipinski definition) is 7. The number of carboxylic acid groups (broad SMARTS) is 2. The molecular formula is C16H27N5O8. The molecule has 0 aliphatic carbocycles. The molecule has 0 aromatic carbocycles. The lowest BCUT2D eigenvalue weighted by Gasteiger charge is -2.22. The Morgan fingerprint density at radius 2 is 1.52 bits per heavy atom. The molecule has 0 rings (SSSR count). The molecule has 0 radical (unpaired) electrons. The van der Waals surface area contributed by atoms with E-state index < -0.39 is 66.7 Å². The molecule has 0 aliphatic heterocycles. The van der Waals surface area contributed by atoms with Gasteiger partial charge in [0.2, 0.25) is 23.6 Å². The lowest BCUT2D eigenvalue weighted by Crippen LogP contribution is -2.54. The summed E-state index contributed by atoms with van der Waals surface area (Å²) in [5.41, 5.74) is 10.8. The topological polar surface area (TPSA) is 231 Å². The Bertz CT molecular complexity index is 651. The Morgan fingerprint density at radius 1 is 0.931 bits per heavy atom. The van der Waals surface area contributed by atoms with Crippen molar-refractivity contribution in [2.45, 2.75) is 51.2 Å². The normalized spacial score (nSPS) is 13.7. The van der Waals surface area contributed by atoms with E-state index >= 15 is 0 Å². The highest BCUT2D eigenvalue weighted by Gasteiger charge is 2.27. The maximum absolute atomic E-state index is 12.3. The Hall–Kier alpha value is -3.22. The fraction of sp³-hybridized carbons (Fsp3) is 0.625. The number of amides is 4. The highest BCUT2D eigenvalue weighted by molar-refractivity contribution is 5.93. The Kier molecular flexibility index (Phi) is 10.9. The van der Waals surface area contributed by atoms with Crippen LogP contribution in [0.1, 0.15) is 33.1 Å². The van der Waals surface area contributed by atoms with E-state index in [2.05, 4.69) is 10.6 Å². The zero-order chi connectivity index (χ0) is 22.7. The van der Waals surface area contributed by atoms with Crippen molar-refractivity contribution >= 4 is 35.6 Å². The SMILES string of the molecule is CC(C)C(N)C(=O)NC(CCC(N)=O)C(=O)NCC(=O)NC(CC(=O)O)C(=O)O. The van der Waals surface area contributed by atoms with Gasteiger partial charge in [0.15, 0.2) is 0 Å². The van der Waals surface area contributed by atoms with E-state index in [0.29, 0.717) is 0 Å². The number of nitrogens with one attached hydrogen (secondary N) is 3. The molecule has 4 amide bonds. The van der Waals surface area contributed by atoms with Crippen LogP contribution in [0.5, 0.6) is 0 Å². The van der Waals surface area contributed by atoms with Crippen molar-refractivity contribution in [3.8, 4) is 0 Å². The van der Waals surface area contributed by atoms with Gasteiger partial charge in [-0.25, -0.2) is 4.79 Å². The van der Waals surface area contributed by atoms with Crippen LogP contribution in [0.2, 0.25) is 0 Å². The summed E-state index contributed by atoms with van der Waals surface area (Å²) in [5, 5.41) is 24.0. The minimum Gasteiger partial charge on any atom is -0.481 e. The highest BCUT2D eigenvalue weighted by Crippen LogP contribution is 2.02. The van der Waals surface area contributed by atoms with Gasteiger partial charge in [-0.15, -0.1) is 0 Å². The third kappa shape index (κ3) is 10.6. The quantitative estimate of drug-likeness (QED) is 0.160. The fourth-order valence-corrected chi connectivity index (χ4v) is 2.04. The molecule has 13 heteroatoms. The maximum Gasteiger partial charge on any atom is 0.326 e. The summed E-state index contributed by atoms with van der Waals surface area (Å²) in [7, 11) is 0. The first-order chi connectivity index (χ1) is 13.3. The van der Waals surface area contributed by atoms with Gasteiger partial charge in [0.25, 0.3) is 0 Å². The molecule has 0 spiro atoms. The lowest BCUT2D eigenvalue weighted by molar-refractivity contribution is -0.147. The average Bonchev–Trinajstić information content (AvgIpc) is 2.60. The minimum absolute atomic E-state index is 0.143. The molecular weight excluding hydrogens is 390 g/mol. The number of carbonyl (C=O) groups is 6. The maximum atomic E-state index is 12.3. The van der Waals surface area contributed by atoms with Crippen LogP contribution in [-0.2, 0) is 28.8 Å². The van der Waals surface area contributed by atoms with Crippen LogP contribution in [0.4, 0.5) is 0 Å². The molecule has 0 saturated heterocycles. The number of carbonyl (C=O) groups excluding carboxylic acids is 4. The largest absolute Gasteiger partial charge is 0.481 e. The van der Waals surface area contributed by atoms with Crippen molar-refractivity contribution in [2.24, 2.45) is 17.4 Å². The number of rotatable bonds is 13. The number of hydrogen-bond donors (Lipinski definition) is 7. The molecule has 3 unspecified atom stereocenters. The van der Waals surface area contributed by atoms with Gasteiger partial charge in [-0.3, -0.25) is 24.0 Å². The van der Waals surface area contributed by atoms with Crippen molar-refractivity contribution in [3.05, 3.63) is 0 Å². The number of nitrogens with two attached hydrogens (primary N) is 2. The molecule has 0 bridgehead atoms. The smallest absolute Gasteiger partial charge is 0.326 e. The zero-order valence-electron chi connectivity index (χ0n) is 16.1. The minimum atomic E-state index is -1.67. The second kappa shape index (κ2) is 12.3. The molecule has 0 aromatic heterocycles. The summed E-state index contributed by atoms with van der Waals surface area (Å²) in [6, 6.07) is -3.79. The summed E-state index contributed by atoms with van der Waals surface area (Å²) < 4.78 is 0. The van der Waals surface area contributed by atoms with E-state index in [1.54, 1.807) is 13.8 Å². The first kappa shape index (κ1) is 25.8. The first-order valence-corrected chi connectivity index (χ1v) is 8.71. The summed E-state index contributed by atoms with van der Waals surface area (Å²) in [6.07, 6.45) is -1.21. The number of aliphatic carboxylic acids is 2. The highest BCUT2D eigenvalue weighted by atomic mass is 16.4. The Labute approximate surface area is 166 Å². The van der Waals surface area contributed by atoms with Crippen LogP contribution in [0.25, 0.3) is 0 Å². The summed E-state index contributed by atoms with van der Waals surface area (Å²) >= 11 is 0. The predicted octanol–water partition coefficient (Wildman–Crippen LogP) is -3.12. The van der Waals surface area contributed by atoms with E-state index in [-0.39, 0.29) is 18.8 Å². The summed E-state index contributed by atoms with van der Waals surface area (Å²) in [5.74, 6) is -6.33. The Balaban J connectivity index is 4.91. The Morgan fingerprint density at radius 3 is 1.97 bits per heavy atom. The predicted molar refractivity (Wildman–Crippen MR) is 98.0 cm³/mol. The van der Waals surface area contributed by atoms with Gasteiger partial charge in [-0.1, -0.05) is 13.8 Å². The summed E-state index contributed by atoms with van der Waals surface area (Å²) in [6.45, 7) is 2.72. The van der Waals surface area contributed by atoms with Crippen molar-refractivity contribution in [1.82, 2.24) is 16.0 Å². The van der Waals surface area contributed by atoms with E-state index in [0.717, 1.165) is 0 Å². The molecule has 9 N–H and O–H groups in total. The summed E-state index contributed by atoms with van der Waals surface area (Å²) in [4.78, 5) is 68.7. The molecule has 0 aromatic rings. The fourth-order valence-electron chi connectivity index (χ4n) is 2.04. The molecule has 13 nitrogen and oxygen atoms in total. The van der Waals surface area contributed by atoms with Gasteiger partial charge in [0.1, 0.15) is 12.1 Å². The van der Waals surface area contributed by atoms with E-state index in [1.807, 2.05) is 5.32 Å². The van der Waals surface area contributed by atoms with Gasteiger partial charge in [-0.05, 0) is 12.3 Å². The zero-order valence-corrected chi connectivity index (χ0v) is 16.1.